The van der Waals surface area contributed by atoms with Crippen molar-refractivity contribution in [3.8, 4) is 0 Å². The Kier molecular flexibility index (Phi) is 3.53. The van der Waals surface area contributed by atoms with Crippen LogP contribution in [0.4, 0.5) is 0 Å². The summed E-state index contributed by atoms with van der Waals surface area (Å²) < 4.78 is 30.7. The lowest BCUT2D eigenvalue weighted by molar-refractivity contribution is 0.306. The molecule has 1 aliphatic rings. The molecule has 0 fully saturated rings. The molecule has 0 unspecified atom stereocenters. The number of nitrogens with zero attached hydrogens (tertiary/aromatic N) is 2. The van der Waals surface area contributed by atoms with E-state index < -0.39 is 10.0 Å². The lowest BCUT2D eigenvalue weighted by atomic mass is 10.1. The second kappa shape index (κ2) is 4.78. The minimum atomic E-state index is -3.13. The van der Waals surface area contributed by atoms with Crippen LogP contribution >= 0.6 is 0 Å². The summed E-state index contributed by atoms with van der Waals surface area (Å²) in [5.41, 5.74) is 1.96. The van der Waals surface area contributed by atoms with E-state index in [0.717, 1.165) is 17.7 Å². The van der Waals surface area contributed by atoms with Crippen LogP contribution in [0.15, 0.2) is 4.52 Å². The predicted octanol–water partition coefficient (Wildman–Crippen LogP) is 1.47. The fraction of sp³-hybridized carbons (Fsp3) is 0.727. The number of hydrogen-bond donors (Lipinski definition) is 0. The molecule has 1 aliphatic heterocycles. The highest BCUT2D eigenvalue weighted by molar-refractivity contribution is 7.89. The van der Waals surface area contributed by atoms with E-state index in [4.69, 9.17) is 4.52 Å². The second-order valence-corrected chi connectivity index (χ2v) is 6.51. The average molecular weight is 258 g/mol. The minimum absolute atomic E-state index is 0.228. The summed E-state index contributed by atoms with van der Waals surface area (Å²) in [6.07, 6.45) is 2.30. The molecule has 0 amide bonds. The highest BCUT2D eigenvalue weighted by Crippen LogP contribution is 2.23. The molecule has 17 heavy (non-hydrogen) atoms. The van der Waals surface area contributed by atoms with Crippen molar-refractivity contribution in [1.29, 1.82) is 0 Å². The zero-order valence-electron chi connectivity index (χ0n) is 10.3. The molecule has 5 nitrogen and oxygen atoms in total. The van der Waals surface area contributed by atoms with Crippen LogP contribution in [0, 0.1) is 6.92 Å². The summed E-state index contributed by atoms with van der Waals surface area (Å²) in [6, 6.07) is 0. The van der Waals surface area contributed by atoms with Crippen LogP contribution in [-0.4, -0.2) is 30.2 Å². The minimum Gasteiger partial charge on any atom is -0.359 e. The smallest absolute Gasteiger partial charge is 0.214 e. The van der Waals surface area contributed by atoms with Gasteiger partial charge in [-0.15, -0.1) is 0 Å². The van der Waals surface area contributed by atoms with Gasteiger partial charge in [-0.2, -0.15) is 4.31 Å². The molecule has 0 aliphatic carbocycles. The van der Waals surface area contributed by atoms with Gasteiger partial charge in [-0.05, 0) is 19.8 Å². The maximum Gasteiger partial charge on any atom is 0.214 e. The van der Waals surface area contributed by atoms with Crippen LogP contribution in [0.3, 0.4) is 0 Å². The van der Waals surface area contributed by atoms with Gasteiger partial charge in [0.1, 0.15) is 0 Å². The van der Waals surface area contributed by atoms with E-state index in [2.05, 4.69) is 5.16 Å². The second-order valence-electron chi connectivity index (χ2n) is 4.42. The molecule has 2 heterocycles. The van der Waals surface area contributed by atoms with Crippen LogP contribution in [0.5, 0.6) is 0 Å². The number of rotatable bonds is 4. The largest absolute Gasteiger partial charge is 0.359 e. The molecular weight excluding hydrogens is 240 g/mol. The predicted molar refractivity (Wildman–Crippen MR) is 64.0 cm³/mol. The quantitative estimate of drug-likeness (QED) is 0.820. The van der Waals surface area contributed by atoms with Crippen molar-refractivity contribution in [2.24, 2.45) is 0 Å². The lowest BCUT2D eigenvalue weighted by Gasteiger charge is -2.24. The fourth-order valence-electron chi connectivity index (χ4n) is 2.05. The van der Waals surface area contributed by atoms with E-state index in [1.165, 1.54) is 4.31 Å². The van der Waals surface area contributed by atoms with Crippen molar-refractivity contribution >= 4 is 10.0 Å². The molecule has 0 atom stereocenters. The van der Waals surface area contributed by atoms with Crippen molar-refractivity contribution in [2.45, 2.75) is 39.7 Å². The molecule has 0 N–H and O–H groups in total. The van der Waals surface area contributed by atoms with Gasteiger partial charge in [-0.3, -0.25) is 0 Å². The molecule has 0 bridgehead atoms. The Morgan fingerprint density at radius 2 is 2.24 bits per heavy atom. The first kappa shape index (κ1) is 12.6. The molecular formula is C11H18N2O3S. The highest BCUT2D eigenvalue weighted by atomic mass is 32.2. The summed E-state index contributed by atoms with van der Waals surface area (Å²) >= 11 is 0. The van der Waals surface area contributed by atoms with Crippen molar-refractivity contribution in [1.82, 2.24) is 9.46 Å². The van der Waals surface area contributed by atoms with E-state index in [9.17, 15) is 8.42 Å². The lowest BCUT2D eigenvalue weighted by Crippen LogP contribution is -2.37. The number of aryl methyl sites for hydroxylation is 1. The number of aromatic nitrogens is 1. The van der Waals surface area contributed by atoms with Crippen LogP contribution in [0.25, 0.3) is 0 Å². The third kappa shape index (κ3) is 2.52. The van der Waals surface area contributed by atoms with E-state index in [-0.39, 0.29) is 5.75 Å². The molecule has 96 valence electrons. The van der Waals surface area contributed by atoms with Crippen LogP contribution in [0.1, 0.15) is 36.8 Å². The average Bonchev–Trinajstić information content (AvgIpc) is 2.68. The molecule has 1 aromatic heterocycles. The summed E-state index contributed by atoms with van der Waals surface area (Å²) in [5, 5.41) is 3.88. The van der Waals surface area contributed by atoms with E-state index in [1.807, 2.05) is 13.8 Å². The van der Waals surface area contributed by atoms with Crippen LogP contribution in [0.2, 0.25) is 0 Å². The monoisotopic (exact) mass is 258 g/mol. The maximum absolute atomic E-state index is 12.0. The van der Waals surface area contributed by atoms with E-state index in [0.29, 0.717) is 31.7 Å². The Bertz CT molecular complexity index is 493. The summed E-state index contributed by atoms with van der Waals surface area (Å²) in [6.45, 7) is 4.76. The Balaban J connectivity index is 2.12. The van der Waals surface area contributed by atoms with Crippen molar-refractivity contribution < 1.29 is 12.9 Å². The Labute approximate surface area is 102 Å². The summed E-state index contributed by atoms with van der Waals surface area (Å²) in [7, 11) is -3.13. The van der Waals surface area contributed by atoms with Crippen LogP contribution < -0.4 is 0 Å². The SMILES string of the molecule is CCCCS(=O)(=O)N1CCc2c(C)noc2C1. The van der Waals surface area contributed by atoms with Gasteiger partial charge in [0.2, 0.25) is 10.0 Å². The van der Waals surface area contributed by atoms with Crippen molar-refractivity contribution in [2.75, 3.05) is 12.3 Å². The van der Waals surface area contributed by atoms with Gasteiger partial charge in [-0.1, -0.05) is 18.5 Å². The van der Waals surface area contributed by atoms with E-state index >= 15 is 0 Å². The molecule has 2 rings (SSSR count). The van der Waals surface area contributed by atoms with Crippen molar-refractivity contribution in [3.63, 3.8) is 0 Å². The molecule has 0 saturated heterocycles. The molecule has 0 aromatic carbocycles. The number of sulfonamides is 1. The van der Waals surface area contributed by atoms with Gasteiger partial charge in [0.05, 0.1) is 18.0 Å². The van der Waals surface area contributed by atoms with E-state index in [1.54, 1.807) is 0 Å². The third-order valence-electron chi connectivity index (χ3n) is 3.15. The Morgan fingerprint density at radius 1 is 1.47 bits per heavy atom. The fourth-order valence-corrected chi connectivity index (χ4v) is 3.64. The van der Waals surface area contributed by atoms with Crippen LogP contribution in [-0.2, 0) is 23.0 Å². The highest BCUT2D eigenvalue weighted by Gasteiger charge is 2.29. The first-order valence-corrected chi connectivity index (χ1v) is 7.57. The molecule has 1 aromatic rings. The topological polar surface area (TPSA) is 63.4 Å². The Hall–Kier alpha value is -0.880. The summed E-state index contributed by atoms with van der Waals surface area (Å²) in [5.74, 6) is 0.931. The molecule has 0 radical (unpaired) electrons. The third-order valence-corrected chi connectivity index (χ3v) is 5.05. The number of unbranched alkanes of at least 4 members (excludes halogenated alkanes) is 1. The van der Waals surface area contributed by atoms with Gasteiger partial charge in [0.15, 0.2) is 5.76 Å². The summed E-state index contributed by atoms with van der Waals surface area (Å²) in [4.78, 5) is 0. The zero-order valence-corrected chi connectivity index (χ0v) is 11.1. The van der Waals surface area contributed by atoms with Gasteiger partial charge >= 0.3 is 0 Å². The van der Waals surface area contributed by atoms with Gasteiger partial charge in [0.25, 0.3) is 0 Å². The van der Waals surface area contributed by atoms with Gasteiger partial charge < -0.3 is 4.52 Å². The first-order chi connectivity index (χ1) is 8.04. The standard InChI is InChI=1S/C11H18N2O3S/c1-3-4-7-17(14,15)13-6-5-10-9(2)12-16-11(10)8-13/h3-8H2,1-2H3. The normalized spacial score (nSPS) is 17.1. The molecule has 0 saturated carbocycles. The number of hydrogen-bond acceptors (Lipinski definition) is 4. The number of fused-ring (bicyclic) bond motifs is 1. The molecule has 0 spiro atoms. The maximum atomic E-state index is 12.0. The first-order valence-electron chi connectivity index (χ1n) is 5.96. The molecule has 6 heteroatoms. The zero-order chi connectivity index (χ0) is 12.5. The van der Waals surface area contributed by atoms with Gasteiger partial charge in [0, 0.05) is 12.1 Å². The van der Waals surface area contributed by atoms with Crippen molar-refractivity contribution in [3.05, 3.63) is 17.0 Å². The van der Waals surface area contributed by atoms with Gasteiger partial charge in [-0.25, -0.2) is 8.42 Å². The Morgan fingerprint density at radius 3 is 2.94 bits per heavy atom.